The van der Waals surface area contributed by atoms with Gasteiger partial charge >= 0.3 is 0 Å². The second kappa shape index (κ2) is 2.27. The van der Waals surface area contributed by atoms with Gasteiger partial charge < -0.3 is 16.1 Å². The Kier molecular flexibility index (Phi) is 1.62. The van der Waals surface area contributed by atoms with Gasteiger partial charge in [-0.3, -0.25) is 0 Å². The molecular weight excluding hydrogens is 114 g/mol. The molecule has 0 spiro atoms. The van der Waals surface area contributed by atoms with Crippen molar-refractivity contribution in [2.45, 2.75) is 19.4 Å². The van der Waals surface area contributed by atoms with Gasteiger partial charge in [-0.15, -0.1) is 0 Å². The van der Waals surface area contributed by atoms with Crippen molar-refractivity contribution in [2.24, 2.45) is 0 Å². The van der Waals surface area contributed by atoms with Crippen LogP contribution in [0.2, 0.25) is 0 Å². The molecule has 1 aliphatic heterocycles. The lowest BCUT2D eigenvalue weighted by Crippen LogP contribution is -2.33. The second-order valence-corrected chi connectivity index (χ2v) is 2.35. The normalized spacial score (nSPS) is 26.8. The Labute approximate surface area is 54.5 Å². The SMILES string of the molecule is CC(=N)C1NCCC1=N. The fourth-order valence-electron chi connectivity index (χ4n) is 1.03. The number of nitrogens with one attached hydrogen (secondary N) is 3. The Morgan fingerprint density at radius 1 is 1.78 bits per heavy atom. The zero-order valence-corrected chi connectivity index (χ0v) is 5.49. The van der Waals surface area contributed by atoms with Gasteiger partial charge in [0.15, 0.2) is 0 Å². The van der Waals surface area contributed by atoms with Crippen LogP contribution in [0.4, 0.5) is 0 Å². The average molecular weight is 125 g/mol. The monoisotopic (exact) mass is 125 g/mol. The first-order valence-electron chi connectivity index (χ1n) is 3.07. The minimum absolute atomic E-state index is 0.0509. The van der Waals surface area contributed by atoms with E-state index in [-0.39, 0.29) is 6.04 Å². The fraction of sp³-hybridized carbons (Fsp3) is 0.667. The molecule has 0 bridgehead atoms. The topological polar surface area (TPSA) is 59.7 Å². The number of hydrogen-bond acceptors (Lipinski definition) is 3. The minimum atomic E-state index is -0.0509. The highest BCUT2D eigenvalue weighted by Gasteiger charge is 2.21. The molecule has 0 amide bonds. The molecular formula is C6H11N3. The molecule has 0 aromatic rings. The van der Waals surface area contributed by atoms with E-state index in [2.05, 4.69) is 5.32 Å². The lowest BCUT2D eigenvalue weighted by Gasteiger charge is -2.06. The molecule has 0 aromatic carbocycles. The van der Waals surface area contributed by atoms with Gasteiger partial charge in [-0.25, -0.2) is 0 Å². The van der Waals surface area contributed by atoms with Crippen molar-refractivity contribution >= 4 is 11.4 Å². The highest BCUT2D eigenvalue weighted by Crippen LogP contribution is 2.01. The predicted molar refractivity (Wildman–Crippen MR) is 37.5 cm³/mol. The van der Waals surface area contributed by atoms with Crippen molar-refractivity contribution in [3.05, 3.63) is 0 Å². The predicted octanol–water partition coefficient (Wildman–Crippen LogP) is 0.408. The van der Waals surface area contributed by atoms with Gasteiger partial charge in [0.05, 0.1) is 6.04 Å². The molecule has 1 unspecified atom stereocenters. The lowest BCUT2D eigenvalue weighted by molar-refractivity contribution is 0.802. The van der Waals surface area contributed by atoms with Crippen LogP contribution in [0.5, 0.6) is 0 Å². The van der Waals surface area contributed by atoms with Crippen LogP contribution in [-0.2, 0) is 0 Å². The van der Waals surface area contributed by atoms with Crippen LogP contribution in [0.3, 0.4) is 0 Å². The molecule has 1 saturated heterocycles. The molecule has 3 nitrogen and oxygen atoms in total. The number of rotatable bonds is 1. The molecule has 0 aliphatic carbocycles. The van der Waals surface area contributed by atoms with Crippen molar-refractivity contribution in [2.75, 3.05) is 6.54 Å². The minimum Gasteiger partial charge on any atom is -0.308 e. The molecule has 1 aliphatic rings. The van der Waals surface area contributed by atoms with E-state index in [4.69, 9.17) is 10.8 Å². The van der Waals surface area contributed by atoms with Gasteiger partial charge in [-0.1, -0.05) is 0 Å². The molecule has 1 fully saturated rings. The zero-order valence-electron chi connectivity index (χ0n) is 5.49. The molecule has 1 heterocycles. The summed E-state index contributed by atoms with van der Waals surface area (Å²) in [6, 6.07) is -0.0509. The fourth-order valence-corrected chi connectivity index (χ4v) is 1.03. The Balaban J connectivity index is 2.60. The van der Waals surface area contributed by atoms with Gasteiger partial charge in [-0.05, 0) is 13.3 Å². The maximum atomic E-state index is 7.33. The molecule has 3 heteroatoms. The highest BCUT2D eigenvalue weighted by atomic mass is 15.0. The molecule has 0 saturated carbocycles. The number of hydrogen-bond donors (Lipinski definition) is 3. The summed E-state index contributed by atoms with van der Waals surface area (Å²) in [7, 11) is 0. The van der Waals surface area contributed by atoms with Crippen LogP contribution >= 0.6 is 0 Å². The van der Waals surface area contributed by atoms with E-state index in [1.54, 1.807) is 6.92 Å². The summed E-state index contributed by atoms with van der Waals surface area (Å²) in [5.41, 5.74) is 1.21. The van der Waals surface area contributed by atoms with Gasteiger partial charge in [0.2, 0.25) is 0 Å². The molecule has 9 heavy (non-hydrogen) atoms. The maximum absolute atomic E-state index is 7.33. The first kappa shape index (κ1) is 6.42. The third-order valence-electron chi connectivity index (χ3n) is 1.52. The molecule has 1 atom stereocenters. The first-order valence-corrected chi connectivity index (χ1v) is 3.07. The van der Waals surface area contributed by atoms with Crippen molar-refractivity contribution in [1.29, 1.82) is 10.8 Å². The van der Waals surface area contributed by atoms with Crippen LogP contribution in [0.25, 0.3) is 0 Å². The summed E-state index contributed by atoms with van der Waals surface area (Å²) in [4.78, 5) is 0. The van der Waals surface area contributed by atoms with Crippen molar-refractivity contribution < 1.29 is 0 Å². The average Bonchev–Trinajstić information content (AvgIpc) is 2.13. The summed E-state index contributed by atoms with van der Waals surface area (Å²) < 4.78 is 0. The summed E-state index contributed by atoms with van der Waals surface area (Å²) in [5.74, 6) is 0. The largest absolute Gasteiger partial charge is 0.308 e. The summed E-state index contributed by atoms with van der Waals surface area (Å²) in [6.45, 7) is 2.59. The Morgan fingerprint density at radius 3 is 2.67 bits per heavy atom. The Morgan fingerprint density at radius 2 is 2.44 bits per heavy atom. The Hall–Kier alpha value is -0.700. The van der Waals surface area contributed by atoms with Crippen molar-refractivity contribution in [3.63, 3.8) is 0 Å². The van der Waals surface area contributed by atoms with Gasteiger partial charge in [-0.2, -0.15) is 0 Å². The van der Waals surface area contributed by atoms with Crippen molar-refractivity contribution in [1.82, 2.24) is 5.32 Å². The molecule has 0 aromatic heterocycles. The third kappa shape index (κ3) is 1.16. The van der Waals surface area contributed by atoms with E-state index in [0.29, 0.717) is 11.4 Å². The lowest BCUT2D eigenvalue weighted by atomic mass is 10.1. The van der Waals surface area contributed by atoms with Crippen LogP contribution in [0.15, 0.2) is 0 Å². The van der Waals surface area contributed by atoms with Crippen LogP contribution in [0, 0.1) is 10.8 Å². The van der Waals surface area contributed by atoms with Crippen LogP contribution in [-0.4, -0.2) is 24.0 Å². The zero-order chi connectivity index (χ0) is 6.85. The quantitative estimate of drug-likeness (QED) is 0.437. The van der Waals surface area contributed by atoms with E-state index >= 15 is 0 Å². The first-order chi connectivity index (χ1) is 4.22. The van der Waals surface area contributed by atoms with Gasteiger partial charge in [0, 0.05) is 18.0 Å². The smallest absolute Gasteiger partial charge is 0.0829 e. The van der Waals surface area contributed by atoms with E-state index in [0.717, 1.165) is 13.0 Å². The maximum Gasteiger partial charge on any atom is 0.0829 e. The molecule has 50 valence electrons. The summed E-state index contributed by atoms with van der Waals surface area (Å²) in [5, 5.41) is 17.6. The van der Waals surface area contributed by atoms with E-state index < -0.39 is 0 Å². The highest BCUT2D eigenvalue weighted by molar-refractivity contribution is 6.09. The van der Waals surface area contributed by atoms with Crippen LogP contribution < -0.4 is 5.32 Å². The third-order valence-corrected chi connectivity index (χ3v) is 1.52. The van der Waals surface area contributed by atoms with E-state index in [1.807, 2.05) is 0 Å². The summed E-state index contributed by atoms with van der Waals surface area (Å²) >= 11 is 0. The molecule has 3 N–H and O–H groups in total. The van der Waals surface area contributed by atoms with E-state index in [9.17, 15) is 0 Å². The Bertz CT molecular complexity index is 150. The van der Waals surface area contributed by atoms with Gasteiger partial charge in [0.1, 0.15) is 0 Å². The van der Waals surface area contributed by atoms with E-state index in [1.165, 1.54) is 0 Å². The second-order valence-electron chi connectivity index (χ2n) is 2.35. The summed E-state index contributed by atoms with van der Waals surface area (Å²) in [6.07, 6.45) is 0.806. The van der Waals surface area contributed by atoms with Crippen molar-refractivity contribution in [3.8, 4) is 0 Å². The van der Waals surface area contributed by atoms with Crippen LogP contribution in [0.1, 0.15) is 13.3 Å². The van der Waals surface area contributed by atoms with Gasteiger partial charge in [0.25, 0.3) is 0 Å². The standard InChI is InChI=1S/C6H11N3/c1-4(7)6-5(8)2-3-9-6/h6-9H,2-3H2,1H3. The molecule has 1 rings (SSSR count). The molecule has 0 radical (unpaired) electrons.